The molecule has 4 rings (SSSR count). The first-order valence-electron chi connectivity index (χ1n) is 10.1. The maximum Gasteiger partial charge on any atom is 0.230 e. The Kier molecular flexibility index (Phi) is 4.77. The first-order chi connectivity index (χ1) is 13.8. The number of ketones is 1. The third kappa shape index (κ3) is 3.46. The summed E-state index contributed by atoms with van der Waals surface area (Å²) in [5, 5.41) is 3.52. The smallest absolute Gasteiger partial charge is 0.230 e. The van der Waals surface area contributed by atoms with Crippen LogP contribution in [0.5, 0.6) is 0 Å². The van der Waals surface area contributed by atoms with Gasteiger partial charge >= 0.3 is 0 Å². The van der Waals surface area contributed by atoms with Crippen LogP contribution in [0.2, 0.25) is 0 Å². The van der Waals surface area contributed by atoms with E-state index in [0.717, 1.165) is 29.1 Å². The van der Waals surface area contributed by atoms with Gasteiger partial charge in [0.05, 0.1) is 17.4 Å². The first kappa shape index (κ1) is 19.4. The molecule has 0 saturated heterocycles. The van der Waals surface area contributed by atoms with Gasteiger partial charge in [-0.2, -0.15) is 0 Å². The van der Waals surface area contributed by atoms with Crippen molar-refractivity contribution in [2.75, 3.05) is 10.2 Å². The Balaban J connectivity index is 2.02. The van der Waals surface area contributed by atoms with Crippen LogP contribution in [0, 0.1) is 11.3 Å². The van der Waals surface area contributed by atoms with Crippen LogP contribution in [-0.4, -0.2) is 16.7 Å². The van der Waals surface area contributed by atoms with Gasteiger partial charge in [-0.15, -0.1) is 0 Å². The van der Waals surface area contributed by atoms with E-state index in [-0.39, 0.29) is 23.0 Å². The van der Waals surface area contributed by atoms with Gasteiger partial charge in [-0.3, -0.25) is 19.5 Å². The Hall–Kier alpha value is -2.95. The molecule has 0 saturated carbocycles. The molecule has 0 radical (unpaired) electrons. The predicted octanol–water partition coefficient (Wildman–Crippen LogP) is 4.88. The number of fused-ring (bicyclic) bond motifs is 1. The molecule has 1 aliphatic carbocycles. The first-order valence-corrected chi connectivity index (χ1v) is 10.1. The molecular weight excluding hydrogens is 362 g/mol. The molecule has 5 nitrogen and oxygen atoms in total. The summed E-state index contributed by atoms with van der Waals surface area (Å²) < 4.78 is 0. The minimum absolute atomic E-state index is 0.0144. The van der Waals surface area contributed by atoms with Crippen molar-refractivity contribution in [3.63, 3.8) is 0 Å². The van der Waals surface area contributed by atoms with Gasteiger partial charge in [0, 0.05) is 36.0 Å². The largest absolute Gasteiger partial charge is 0.357 e. The van der Waals surface area contributed by atoms with Crippen LogP contribution in [0.25, 0.3) is 0 Å². The van der Waals surface area contributed by atoms with Gasteiger partial charge in [-0.25, -0.2) is 0 Å². The molecule has 2 aromatic rings. The van der Waals surface area contributed by atoms with E-state index < -0.39 is 6.04 Å². The summed E-state index contributed by atoms with van der Waals surface area (Å²) >= 11 is 0. The Morgan fingerprint density at radius 1 is 1.17 bits per heavy atom. The van der Waals surface area contributed by atoms with E-state index in [1.165, 1.54) is 0 Å². The third-order valence-corrected chi connectivity index (χ3v) is 5.63. The average Bonchev–Trinajstić information content (AvgIpc) is 2.81. The zero-order chi connectivity index (χ0) is 20.8. The maximum atomic E-state index is 13.4. The number of hydrogen-bond acceptors (Lipinski definition) is 4. The number of carbonyl (C=O) groups is 2. The molecule has 1 aliphatic heterocycles. The summed E-state index contributed by atoms with van der Waals surface area (Å²) in [7, 11) is 0. The highest BCUT2D eigenvalue weighted by atomic mass is 16.2. The fourth-order valence-electron chi connectivity index (χ4n) is 4.36. The summed E-state index contributed by atoms with van der Waals surface area (Å²) in [5.41, 5.74) is 3.95. The number of para-hydroxylation sites is 2. The highest BCUT2D eigenvalue weighted by Gasteiger charge is 2.43. The average molecular weight is 389 g/mol. The van der Waals surface area contributed by atoms with E-state index in [1.807, 2.05) is 50.2 Å². The van der Waals surface area contributed by atoms with Crippen LogP contribution < -0.4 is 10.2 Å². The van der Waals surface area contributed by atoms with Crippen molar-refractivity contribution in [2.24, 2.45) is 11.3 Å². The molecule has 1 aromatic heterocycles. The number of allylic oxidation sites excluding steroid dienone is 1. The Morgan fingerprint density at radius 2 is 1.93 bits per heavy atom. The van der Waals surface area contributed by atoms with Gasteiger partial charge in [-0.1, -0.05) is 45.9 Å². The van der Waals surface area contributed by atoms with E-state index in [0.29, 0.717) is 12.0 Å². The van der Waals surface area contributed by atoms with E-state index >= 15 is 0 Å². The molecule has 1 aromatic carbocycles. The van der Waals surface area contributed by atoms with E-state index in [4.69, 9.17) is 0 Å². The molecule has 1 unspecified atom stereocenters. The van der Waals surface area contributed by atoms with E-state index in [1.54, 1.807) is 17.3 Å². The fourth-order valence-corrected chi connectivity index (χ4v) is 4.36. The Bertz CT molecular complexity index is 992. The zero-order valence-corrected chi connectivity index (χ0v) is 17.4. The highest BCUT2D eigenvalue weighted by Crippen LogP contribution is 2.48. The molecule has 5 heteroatoms. The number of Topliss-reactive ketones (excluding diaryl/α,β-unsaturated/α-hetero) is 1. The molecule has 29 heavy (non-hydrogen) atoms. The number of aromatic nitrogens is 1. The summed E-state index contributed by atoms with van der Waals surface area (Å²) in [6.07, 6.45) is 4.69. The summed E-state index contributed by atoms with van der Waals surface area (Å²) in [5.74, 6) is -0.133. The molecule has 150 valence electrons. The van der Waals surface area contributed by atoms with Crippen molar-refractivity contribution in [3.8, 4) is 0 Å². The standard InChI is InChI=1S/C24H27N3O2/c1-15(2)23(29)27-19-10-6-5-9-17(19)26-18-12-24(3,4)13-20(28)21(18)22(27)16-8-7-11-25-14-16/h5-11,14-15,22,26H,12-13H2,1-4H3. The maximum absolute atomic E-state index is 13.4. The van der Waals surface area contributed by atoms with Gasteiger partial charge in [0.2, 0.25) is 5.91 Å². The Labute approximate surface area is 171 Å². The third-order valence-electron chi connectivity index (χ3n) is 5.63. The zero-order valence-electron chi connectivity index (χ0n) is 17.4. The van der Waals surface area contributed by atoms with Crippen LogP contribution in [-0.2, 0) is 9.59 Å². The van der Waals surface area contributed by atoms with Crippen LogP contribution in [0.3, 0.4) is 0 Å². The molecule has 2 heterocycles. The summed E-state index contributed by atoms with van der Waals surface area (Å²) in [6, 6.07) is 11.1. The van der Waals surface area contributed by atoms with Crippen molar-refractivity contribution < 1.29 is 9.59 Å². The molecule has 0 bridgehead atoms. The number of nitrogens with one attached hydrogen (secondary N) is 1. The number of carbonyl (C=O) groups excluding carboxylic acids is 2. The second-order valence-corrected chi connectivity index (χ2v) is 9.03. The van der Waals surface area contributed by atoms with Crippen molar-refractivity contribution in [3.05, 3.63) is 65.6 Å². The monoisotopic (exact) mass is 389 g/mol. The lowest BCUT2D eigenvalue weighted by molar-refractivity contribution is -0.122. The van der Waals surface area contributed by atoms with Crippen molar-refractivity contribution >= 4 is 23.1 Å². The van der Waals surface area contributed by atoms with Gasteiger partial charge in [0.1, 0.15) is 0 Å². The predicted molar refractivity (Wildman–Crippen MR) is 114 cm³/mol. The van der Waals surface area contributed by atoms with Crippen molar-refractivity contribution in [2.45, 2.75) is 46.6 Å². The molecule has 0 spiro atoms. The van der Waals surface area contributed by atoms with Crippen LogP contribution in [0.15, 0.2) is 60.1 Å². The second-order valence-electron chi connectivity index (χ2n) is 9.03. The van der Waals surface area contributed by atoms with Crippen molar-refractivity contribution in [1.82, 2.24) is 4.98 Å². The van der Waals surface area contributed by atoms with Gasteiger partial charge in [0.25, 0.3) is 0 Å². The SMILES string of the molecule is CC(C)C(=O)N1c2ccccc2NC2=C(C(=O)CC(C)(C)C2)C1c1cccnc1. The lowest BCUT2D eigenvalue weighted by Crippen LogP contribution is -2.41. The minimum atomic E-state index is -0.492. The van der Waals surface area contributed by atoms with E-state index in [2.05, 4.69) is 24.1 Å². The Morgan fingerprint density at radius 3 is 2.62 bits per heavy atom. The number of benzene rings is 1. The quantitative estimate of drug-likeness (QED) is 0.795. The molecule has 1 N–H and O–H groups in total. The number of rotatable bonds is 2. The lowest BCUT2D eigenvalue weighted by atomic mass is 9.73. The van der Waals surface area contributed by atoms with Gasteiger partial charge in [0.15, 0.2) is 5.78 Å². The number of pyridine rings is 1. The van der Waals surface area contributed by atoms with E-state index in [9.17, 15) is 9.59 Å². The number of nitrogens with zero attached hydrogens (tertiary/aromatic N) is 2. The number of amides is 1. The minimum Gasteiger partial charge on any atom is -0.357 e. The van der Waals surface area contributed by atoms with Gasteiger partial charge < -0.3 is 5.32 Å². The van der Waals surface area contributed by atoms with Crippen LogP contribution >= 0.6 is 0 Å². The number of hydrogen-bond donors (Lipinski definition) is 1. The molecule has 1 atom stereocenters. The van der Waals surface area contributed by atoms with Crippen LogP contribution in [0.4, 0.5) is 11.4 Å². The topological polar surface area (TPSA) is 62.3 Å². The fraction of sp³-hybridized carbons (Fsp3) is 0.375. The molecule has 1 amide bonds. The normalized spacial score (nSPS) is 20.7. The molecule has 2 aliphatic rings. The van der Waals surface area contributed by atoms with Crippen LogP contribution in [0.1, 0.15) is 52.1 Å². The molecular formula is C24H27N3O2. The molecule has 0 fully saturated rings. The lowest BCUT2D eigenvalue weighted by Gasteiger charge is -2.37. The highest BCUT2D eigenvalue weighted by molar-refractivity contribution is 6.06. The summed E-state index contributed by atoms with van der Waals surface area (Å²) in [6.45, 7) is 8.02. The van der Waals surface area contributed by atoms with Gasteiger partial charge in [-0.05, 0) is 35.6 Å². The second kappa shape index (κ2) is 7.14. The number of anilines is 2. The summed E-state index contributed by atoms with van der Waals surface area (Å²) in [4.78, 5) is 32.9. The van der Waals surface area contributed by atoms with Crippen molar-refractivity contribution in [1.29, 1.82) is 0 Å².